The fourth-order valence-corrected chi connectivity index (χ4v) is 2.93. The van der Waals surface area contributed by atoms with Gasteiger partial charge < -0.3 is 9.52 Å². The molecular weight excluding hydrogens is 242 g/mol. The molecule has 0 radical (unpaired) electrons. The number of hydrogen-bond acceptors (Lipinski definition) is 3. The topological polar surface area (TPSA) is 53.7 Å². The third-order valence-corrected chi connectivity index (χ3v) is 3.99. The molecule has 4 heteroatoms. The number of rotatable bonds is 5. The molecule has 1 saturated carbocycles. The molecule has 4 nitrogen and oxygen atoms in total. The summed E-state index contributed by atoms with van der Waals surface area (Å²) in [6.45, 7) is 3.80. The highest BCUT2D eigenvalue weighted by atomic mass is 16.4. The molecule has 0 aromatic carbocycles. The summed E-state index contributed by atoms with van der Waals surface area (Å²) in [6, 6.07) is 4.01. The van der Waals surface area contributed by atoms with Crippen molar-refractivity contribution in [1.82, 2.24) is 4.90 Å². The molecule has 0 spiro atoms. The highest BCUT2D eigenvalue weighted by molar-refractivity contribution is 5.69. The summed E-state index contributed by atoms with van der Waals surface area (Å²) in [6.07, 6.45) is 3.71. The lowest BCUT2D eigenvalue weighted by Crippen LogP contribution is -2.29. The molecule has 1 aliphatic rings. The molecule has 0 aliphatic heterocycles. The van der Waals surface area contributed by atoms with Gasteiger partial charge in [0.15, 0.2) is 0 Å². The van der Waals surface area contributed by atoms with Crippen LogP contribution in [0.15, 0.2) is 16.5 Å². The number of furan rings is 1. The maximum atomic E-state index is 10.9. The Balaban J connectivity index is 1.74. The molecule has 106 valence electrons. The van der Waals surface area contributed by atoms with Gasteiger partial charge in [0, 0.05) is 6.54 Å². The van der Waals surface area contributed by atoms with Gasteiger partial charge in [-0.25, -0.2) is 0 Å². The van der Waals surface area contributed by atoms with E-state index in [9.17, 15) is 4.79 Å². The van der Waals surface area contributed by atoms with E-state index in [0.29, 0.717) is 5.92 Å². The summed E-state index contributed by atoms with van der Waals surface area (Å²) in [5, 5.41) is 8.98. The van der Waals surface area contributed by atoms with E-state index in [2.05, 4.69) is 11.9 Å². The second-order valence-corrected chi connectivity index (χ2v) is 5.76. The van der Waals surface area contributed by atoms with Crippen molar-refractivity contribution in [1.29, 1.82) is 0 Å². The predicted octanol–water partition coefficient (Wildman–Crippen LogP) is 2.91. The van der Waals surface area contributed by atoms with Crippen molar-refractivity contribution in [2.45, 2.75) is 39.2 Å². The molecule has 1 fully saturated rings. The summed E-state index contributed by atoms with van der Waals surface area (Å²) < 4.78 is 5.57. The predicted molar refractivity (Wildman–Crippen MR) is 72.9 cm³/mol. The van der Waals surface area contributed by atoms with Crippen LogP contribution in [-0.4, -0.2) is 29.6 Å². The van der Waals surface area contributed by atoms with E-state index in [1.807, 2.05) is 19.1 Å². The number of hydrogen-bond donors (Lipinski definition) is 1. The first-order valence-electron chi connectivity index (χ1n) is 7.01. The number of nitrogens with zero attached hydrogens (tertiary/aromatic N) is 1. The van der Waals surface area contributed by atoms with E-state index in [-0.39, 0.29) is 5.92 Å². The Morgan fingerprint density at radius 3 is 2.58 bits per heavy atom. The smallest absolute Gasteiger partial charge is 0.306 e. The Bertz CT molecular complexity index is 419. The first kappa shape index (κ1) is 14.1. The van der Waals surface area contributed by atoms with E-state index in [1.54, 1.807) is 0 Å². The lowest BCUT2D eigenvalue weighted by molar-refractivity contribution is -0.143. The van der Waals surface area contributed by atoms with Gasteiger partial charge in [0.2, 0.25) is 0 Å². The quantitative estimate of drug-likeness (QED) is 0.889. The highest BCUT2D eigenvalue weighted by Crippen LogP contribution is 2.29. The largest absolute Gasteiger partial charge is 0.481 e. The molecule has 0 unspecified atom stereocenters. The summed E-state index contributed by atoms with van der Waals surface area (Å²) in [5.41, 5.74) is 0. The third-order valence-electron chi connectivity index (χ3n) is 3.99. The lowest BCUT2D eigenvalue weighted by Gasteiger charge is -2.29. The van der Waals surface area contributed by atoms with E-state index in [4.69, 9.17) is 9.52 Å². The van der Waals surface area contributed by atoms with E-state index in [0.717, 1.165) is 50.3 Å². The van der Waals surface area contributed by atoms with Gasteiger partial charge in [0.1, 0.15) is 11.5 Å². The van der Waals surface area contributed by atoms with Crippen molar-refractivity contribution in [2.75, 3.05) is 13.6 Å². The third kappa shape index (κ3) is 4.10. The van der Waals surface area contributed by atoms with Crippen LogP contribution in [-0.2, 0) is 11.3 Å². The summed E-state index contributed by atoms with van der Waals surface area (Å²) in [5.74, 6) is 1.83. The molecule has 19 heavy (non-hydrogen) atoms. The van der Waals surface area contributed by atoms with Crippen LogP contribution < -0.4 is 0 Å². The van der Waals surface area contributed by atoms with Crippen LogP contribution in [0.2, 0.25) is 0 Å². The summed E-state index contributed by atoms with van der Waals surface area (Å²) in [4.78, 5) is 13.2. The number of aliphatic carboxylic acids is 1. The minimum atomic E-state index is -0.627. The van der Waals surface area contributed by atoms with Crippen LogP contribution in [0.25, 0.3) is 0 Å². The van der Waals surface area contributed by atoms with Crippen LogP contribution in [0.4, 0.5) is 0 Å². The SMILES string of the molecule is Cc1ccc(CN(C)CC2CCC(C(=O)O)CC2)o1. The summed E-state index contributed by atoms with van der Waals surface area (Å²) >= 11 is 0. The zero-order valence-electron chi connectivity index (χ0n) is 11.8. The number of carbonyl (C=O) groups is 1. The van der Waals surface area contributed by atoms with Crippen molar-refractivity contribution in [3.05, 3.63) is 23.7 Å². The molecule has 1 aromatic heterocycles. The van der Waals surface area contributed by atoms with E-state index >= 15 is 0 Å². The normalized spacial score (nSPS) is 23.7. The lowest BCUT2D eigenvalue weighted by atomic mass is 9.82. The Morgan fingerprint density at radius 1 is 1.37 bits per heavy atom. The molecular formula is C15H23NO3. The molecule has 1 heterocycles. The fraction of sp³-hybridized carbons (Fsp3) is 0.667. The average Bonchev–Trinajstić information content (AvgIpc) is 2.75. The molecule has 1 aliphatic carbocycles. The van der Waals surface area contributed by atoms with Gasteiger partial charge in [-0.2, -0.15) is 0 Å². The van der Waals surface area contributed by atoms with Gasteiger partial charge in [0.25, 0.3) is 0 Å². The average molecular weight is 265 g/mol. The van der Waals surface area contributed by atoms with Gasteiger partial charge in [-0.1, -0.05) is 0 Å². The monoisotopic (exact) mass is 265 g/mol. The molecule has 0 atom stereocenters. The molecule has 0 amide bonds. The van der Waals surface area contributed by atoms with Crippen LogP contribution >= 0.6 is 0 Å². The van der Waals surface area contributed by atoms with Gasteiger partial charge in [-0.3, -0.25) is 9.69 Å². The Morgan fingerprint density at radius 2 is 2.05 bits per heavy atom. The highest BCUT2D eigenvalue weighted by Gasteiger charge is 2.26. The van der Waals surface area contributed by atoms with Gasteiger partial charge in [-0.05, 0) is 57.7 Å². The Labute approximate surface area is 114 Å². The van der Waals surface area contributed by atoms with Crippen molar-refractivity contribution >= 4 is 5.97 Å². The van der Waals surface area contributed by atoms with Gasteiger partial charge >= 0.3 is 5.97 Å². The zero-order valence-corrected chi connectivity index (χ0v) is 11.8. The van der Waals surface area contributed by atoms with Crippen LogP contribution in [0, 0.1) is 18.8 Å². The second kappa shape index (κ2) is 6.24. The number of carboxylic acid groups (broad SMARTS) is 1. The van der Waals surface area contributed by atoms with Gasteiger partial charge in [0.05, 0.1) is 12.5 Å². The van der Waals surface area contributed by atoms with Crippen LogP contribution in [0.5, 0.6) is 0 Å². The van der Waals surface area contributed by atoms with Gasteiger partial charge in [-0.15, -0.1) is 0 Å². The summed E-state index contributed by atoms with van der Waals surface area (Å²) in [7, 11) is 2.10. The van der Waals surface area contributed by atoms with Crippen molar-refractivity contribution in [2.24, 2.45) is 11.8 Å². The molecule has 1 N–H and O–H groups in total. The van der Waals surface area contributed by atoms with E-state index < -0.39 is 5.97 Å². The first-order valence-corrected chi connectivity index (χ1v) is 7.01. The first-order chi connectivity index (χ1) is 9.04. The number of carboxylic acids is 1. The molecule has 1 aromatic rings. The van der Waals surface area contributed by atoms with Crippen molar-refractivity contribution < 1.29 is 14.3 Å². The van der Waals surface area contributed by atoms with E-state index in [1.165, 1.54) is 0 Å². The maximum Gasteiger partial charge on any atom is 0.306 e. The minimum Gasteiger partial charge on any atom is -0.481 e. The second-order valence-electron chi connectivity index (χ2n) is 5.76. The van der Waals surface area contributed by atoms with Crippen LogP contribution in [0.3, 0.4) is 0 Å². The van der Waals surface area contributed by atoms with Crippen LogP contribution in [0.1, 0.15) is 37.2 Å². The minimum absolute atomic E-state index is 0.116. The number of aryl methyl sites for hydroxylation is 1. The standard InChI is InChI=1S/C15H23NO3/c1-11-3-8-14(19-11)10-16(2)9-12-4-6-13(7-5-12)15(17)18/h3,8,12-13H,4-7,9-10H2,1-2H3,(H,17,18). The Kier molecular flexibility index (Phi) is 4.64. The Hall–Kier alpha value is -1.29. The zero-order chi connectivity index (χ0) is 13.8. The fourth-order valence-electron chi connectivity index (χ4n) is 2.93. The molecule has 0 bridgehead atoms. The van der Waals surface area contributed by atoms with Crippen molar-refractivity contribution in [3.63, 3.8) is 0 Å². The van der Waals surface area contributed by atoms with Crippen molar-refractivity contribution in [3.8, 4) is 0 Å². The molecule has 2 rings (SSSR count). The molecule has 0 saturated heterocycles. The maximum absolute atomic E-state index is 10.9.